The van der Waals surface area contributed by atoms with Gasteiger partial charge in [0, 0.05) is 11.1 Å². The number of hydrogen-bond acceptors (Lipinski definition) is 5. The molecule has 17 heavy (non-hydrogen) atoms. The van der Waals surface area contributed by atoms with Crippen LogP contribution in [0.5, 0.6) is 5.75 Å². The van der Waals surface area contributed by atoms with E-state index in [-0.39, 0.29) is 5.75 Å². The quantitative estimate of drug-likeness (QED) is 0.773. The Bertz CT molecular complexity index is 567. The fourth-order valence-electron chi connectivity index (χ4n) is 1.82. The number of nitrogens with zero attached hydrogens (tertiary/aromatic N) is 2. The number of rotatable bonds is 1. The lowest BCUT2D eigenvalue weighted by Gasteiger charge is -2.05. The number of anilines is 1. The summed E-state index contributed by atoms with van der Waals surface area (Å²) < 4.78 is 5.28. The second-order valence-electron chi connectivity index (χ2n) is 3.90. The van der Waals surface area contributed by atoms with Crippen LogP contribution in [-0.2, 0) is 18.0 Å². The Labute approximate surface area is 97.9 Å². The predicted molar refractivity (Wildman–Crippen MR) is 62.0 cm³/mol. The van der Waals surface area contributed by atoms with E-state index in [9.17, 15) is 5.11 Å². The normalized spacial score (nSPS) is 13.6. The van der Waals surface area contributed by atoms with E-state index in [0.29, 0.717) is 24.9 Å². The first-order chi connectivity index (χ1) is 8.24. The smallest absolute Gasteiger partial charge is 0.161 e. The maximum Gasteiger partial charge on any atom is 0.161 e. The van der Waals surface area contributed by atoms with Crippen molar-refractivity contribution < 1.29 is 9.84 Å². The Morgan fingerprint density at radius 1 is 1.12 bits per heavy atom. The van der Waals surface area contributed by atoms with E-state index in [1.54, 1.807) is 24.3 Å². The van der Waals surface area contributed by atoms with Crippen LogP contribution in [0.3, 0.4) is 0 Å². The highest BCUT2D eigenvalue weighted by molar-refractivity contribution is 5.59. The van der Waals surface area contributed by atoms with Crippen LogP contribution in [0.4, 0.5) is 5.82 Å². The maximum atomic E-state index is 9.23. The van der Waals surface area contributed by atoms with Crippen LogP contribution in [0, 0.1) is 0 Å². The van der Waals surface area contributed by atoms with E-state index in [1.807, 2.05) is 0 Å². The molecule has 2 heterocycles. The first kappa shape index (κ1) is 10.0. The number of phenols is 1. The number of aromatic nitrogens is 2. The van der Waals surface area contributed by atoms with Crippen LogP contribution in [0.1, 0.15) is 11.3 Å². The van der Waals surface area contributed by atoms with Gasteiger partial charge in [0.1, 0.15) is 11.6 Å². The first-order valence-electron chi connectivity index (χ1n) is 5.26. The molecule has 0 unspecified atom stereocenters. The fraction of sp³-hybridized carbons (Fsp3) is 0.167. The van der Waals surface area contributed by atoms with E-state index in [4.69, 9.17) is 10.5 Å². The average molecular weight is 229 g/mol. The first-order valence-corrected chi connectivity index (χ1v) is 5.26. The van der Waals surface area contributed by atoms with Crippen LogP contribution < -0.4 is 5.73 Å². The summed E-state index contributed by atoms with van der Waals surface area (Å²) in [5.74, 6) is 1.24. The molecule has 5 nitrogen and oxygen atoms in total. The lowest BCUT2D eigenvalue weighted by atomic mass is 10.2. The monoisotopic (exact) mass is 229 g/mol. The maximum absolute atomic E-state index is 9.23. The molecule has 0 aliphatic carbocycles. The lowest BCUT2D eigenvalue weighted by Crippen LogP contribution is -2.02. The number of aromatic hydroxyl groups is 1. The molecule has 2 aromatic rings. The van der Waals surface area contributed by atoms with Crippen molar-refractivity contribution in [3.05, 3.63) is 35.5 Å². The Morgan fingerprint density at radius 3 is 2.65 bits per heavy atom. The number of benzene rings is 1. The molecule has 5 heteroatoms. The zero-order chi connectivity index (χ0) is 11.8. The zero-order valence-corrected chi connectivity index (χ0v) is 9.05. The second-order valence-corrected chi connectivity index (χ2v) is 3.90. The third kappa shape index (κ3) is 1.70. The summed E-state index contributed by atoms with van der Waals surface area (Å²) in [6.07, 6.45) is 0. The largest absolute Gasteiger partial charge is 0.508 e. The van der Waals surface area contributed by atoms with Gasteiger partial charge in [-0.1, -0.05) is 0 Å². The van der Waals surface area contributed by atoms with Gasteiger partial charge >= 0.3 is 0 Å². The number of ether oxygens (including phenoxy) is 1. The van der Waals surface area contributed by atoms with Gasteiger partial charge in [-0.05, 0) is 24.3 Å². The standard InChI is InChI=1S/C12H11N3O2/c13-11-9-5-17-6-10(9)14-12(15-11)7-1-3-8(16)4-2-7/h1-4,16H,5-6H2,(H2,13,14,15). The Morgan fingerprint density at radius 2 is 1.88 bits per heavy atom. The van der Waals surface area contributed by atoms with Crippen molar-refractivity contribution in [1.29, 1.82) is 0 Å². The summed E-state index contributed by atoms with van der Waals surface area (Å²) in [6, 6.07) is 6.70. The highest BCUT2D eigenvalue weighted by Crippen LogP contribution is 2.26. The van der Waals surface area contributed by atoms with Gasteiger partial charge in [0.15, 0.2) is 5.82 Å². The number of phenolic OH excluding ortho intramolecular Hbond substituents is 1. The van der Waals surface area contributed by atoms with Gasteiger partial charge < -0.3 is 15.6 Å². The van der Waals surface area contributed by atoms with Gasteiger partial charge in [-0.2, -0.15) is 0 Å². The molecule has 0 radical (unpaired) electrons. The number of nitrogen functional groups attached to an aromatic ring is 1. The molecule has 0 bridgehead atoms. The summed E-state index contributed by atoms with van der Waals surface area (Å²) >= 11 is 0. The number of hydrogen-bond donors (Lipinski definition) is 2. The second kappa shape index (κ2) is 3.71. The van der Waals surface area contributed by atoms with Gasteiger partial charge in [0.2, 0.25) is 0 Å². The van der Waals surface area contributed by atoms with Gasteiger partial charge in [0.05, 0.1) is 18.9 Å². The average Bonchev–Trinajstić information content (AvgIpc) is 2.78. The predicted octanol–water partition coefficient (Wildman–Crippen LogP) is 1.46. The van der Waals surface area contributed by atoms with Gasteiger partial charge in [-0.3, -0.25) is 0 Å². The third-order valence-corrected chi connectivity index (χ3v) is 2.74. The molecule has 0 fully saturated rings. The van der Waals surface area contributed by atoms with Crippen molar-refractivity contribution in [2.75, 3.05) is 5.73 Å². The van der Waals surface area contributed by atoms with E-state index in [1.165, 1.54) is 0 Å². The lowest BCUT2D eigenvalue weighted by molar-refractivity contribution is 0.133. The van der Waals surface area contributed by atoms with E-state index >= 15 is 0 Å². The van der Waals surface area contributed by atoms with Crippen molar-refractivity contribution in [3.63, 3.8) is 0 Å². The third-order valence-electron chi connectivity index (χ3n) is 2.74. The molecule has 86 valence electrons. The summed E-state index contributed by atoms with van der Waals surface area (Å²) in [6.45, 7) is 0.962. The van der Waals surface area contributed by atoms with Gasteiger partial charge in [-0.15, -0.1) is 0 Å². The molecule has 1 aliphatic heterocycles. The van der Waals surface area contributed by atoms with Crippen LogP contribution in [0.15, 0.2) is 24.3 Å². The molecule has 1 aromatic carbocycles. The topological polar surface area (TPSA) is 81.3 Å². The number of fused-ring (bicyclic) bond motifs is 1. The van der Waals surface area contributed by atoms with E-state index in [2.05, 4.69) is 9.97 Å². The highest BCUT2D eigenvalue weighted by atomic mass is 16.5. The summed E-state index contributed by atoms with van der Waals surface area (Å²) in [4.78, 5) is 8.67. The molecule has 3 N–H and O–H groups in total. The van der Waals surface area contributed by atoms with Gasteiger partial charge in [-0.25, -0.2) is 9.97 Å². The zero-order valence-electron chi connectivity index (χ0n) is 9.05. The Kier molecular flexibility index (Phi) is 2.19. The molecule has 3 rings (SSSR count). The molecule has 0 amide bonds. The number of nitrogens with two attached hydrogens (primary N) is 1. The molecule has 0 saturated heterocycles. The Hall–Kier alpha value is -2.14. The van der Waals surface area contributed by atoms with Crippen molar-refractivity contribution in [1.82, 2.24) is 9.97 Å². The summed E-state index contributed by atoms with van der Waals surface area (Å²) in [5, 5.41) is 9.23. The summed E-state index contributed by atoms with van der Waals surface area (Å²) in [7, 11) is 0. The molecule has 0 saturated carbocycles. The minimum absolute atomic E-state index is 0.214. The van der Waals surface area contributed by atoms with Crippen LogP contribution >= 0.6 is 0 Å². The van der Waals surface area contributed by atoms with E-state index in [0.717, 1.165) is 16.8 Å². The van der Waals surface area contributed by atoms with Crippen molar-refractivity contribution >= 4 is 5.82 Å². The fourth-order valence-corrected chi connectivity index (χ4v) is 1.82. The van der Waals surface area contributed by atoms with Gasteiger partial charge in [0.25, 0.3) is 0 Å². The molecular formula is C12H11N3O2. The molecule has 0 atom stereocenters. The molecule has 1 aliphatic rings. The SMILES string of the molecule is Nc1nc(-c2ccc(O)cc2)nc2c1COC2. The minimum atomic E-state index is 0.214. The van der Waals surface area contributed by atoms with Crippen LogP contribution in [0.2, 0.25) is 0 Å². The van der Waals surface area contributed by atoms with Crippen LogP contribution in [0.25, 0.3) is 11.4 Å². The summed E-state index contributed by atoms with van der Waals surface area (Å²) in [5.41, 5.74) is 8.41. The van der Waals surface area contributed by atoms with E-state index < -0.39 is 0 Å². The van der Waals surface area contributed by atoms with Crippen molar-refractivity contribution in [2.24, 2.45) is 0 Å². The van der Waals surface area contributed by atoms with Crippen molar-refractivity contribution in [3.8, 4) is 17.1 Å². The molecular weight excluding hydrogens is 218 g/mol. The van der Waals surface area contributed by atoms with Crippen LogP contribution in [-0.4, -0.2) is 15.1 Å². The molecule has 0 spiro atoms. The van der Waals surface area contributed by atoms with Crippen molar-refractivity contribution in [2.45, 2.75) is 13.2 Å². The molecule has 1 aromatic heterocycles. The minimum Gasteiger partial charge on any atom is -0.508 e. The highest BCUT2D eigenvalue weighted by Gasteiger charge is 2.18. The Balaban J connectivity index is 2.10.